The second kappa shape index (κ2) is 7.60. The fraction of sp³-hybridized carbons (Fsp3) is 0.312. The number of carbonyl (C=O) groups is 1. The van der Waals surface area contributed by atoms with E-state index in [1.165, 1.54) is 29.7 Å². The lowest BCUT2D eigenvalue weighted by Gasteiger charge is -2.06. The van der Waals surface area contributed by atoms with Gasteiger partial charge in [-0.1, -0.05) is 25.5 Å². The zero-order valence-electron chi connectivity index (χ0n) is 11.4. The van der Waals surface area contributed by atoms with E-state index in [9.17, 15) is 4.79 Å². The summed E-state index contributed by atoms with van der Waals surface area (Å²) in [5, 5.41) is 0. The first-order valence-electron chi connectivity index (χ1n) is 6.69. The Morgan fingerprint density at radius 2 is 1.95 bits per heavy atom. The van der Waals surface area contributed by atoms with Crippen molar-refractivity contribution in [1.82, 2.24) is 0 Å². The van der Waals surface area contributed by atoms with Crippen molar-refractivity contribution in [1.29, 1.82) is 0 Å². The van der Waals surface area contributed by atoms with Crippen molar-refractivity contribution >= 4 is 33.0 Å². The molecular weight excluding hydrogens is 336 g/mol. The summed E-state index contributed by atoms with van der Waals surface area (Å²) in [6.45, 7) is 2.27. The Balaban J connectivity index is 1.86. The predicted octanol–water partition coefficient (Wildman–Crippen LogP) is 5.11. The molecule has 0 saturated carbocycles. The van der Waals surface area contributed by atoms with Crippen LogP contribution in [0.3, 0.4) is 0 Å². The van der Waals surface area contributed by atoms with Crippen molar-refractivity contribution in [2.45, 2.75) is 26.2 Å². The number of carbonyl (C=O) groups excluding carboxylic acids is 1. The molecular formula is C16H17BrO2S. The highest BCUT2D eigenvalue weighted by molar-refractivity contribution is 9.11. The van der Waals surface area contributed by atoms with Gasteiger partial charge >= 0.3 is 0 Å². The molecule has 20 heavy (non-hydrogen) atoms. The summed E-state index contributed by atoms with van der Waals surface area (Å²) < 4.78 is 6.49. The van der Waals surface area contributed by atoms with Crippen molar-refractivity contribution in [2.75, 3.05) is 6.61 Å². The normalized spacial score (nSPS) is 10.5. The van der Waals surface area contributed by atoms with Gasteiger partial charge in [0.25, 0.3) is 0 Å². The SMILES string of the molecule is CCCCc1ccc(OCC(=O)c2ccc(Br)s2)cc1. The van der Waals surface area contributed by atoms with Gasteiger partial charge in [-0.3, -0.25) is 4.79 Å². The molecule has 0 amide bonds. The van der Waals surface area contributed by atoms with Gasteiger partial charge in [-0.05, 0) is 58.6 Å². The molecule has 0 radical (unpaired) electrons. The summed E-state index contributed by atoms with van der Waals surface area (Å²) in [4.78, 5) is 12.6. The molecule has 106 valence electrons. The largest absolute Gasteiger partial charge is 0.485 e. The fourth-order valence-electron chi connectivity index (χ4n) is 1.82. The summed E-state index contributed by atoms with van der Waals surface area (Å²) >= 11 is 4.78. The number of benzene rings is 1. The number of ketones is 1. The van der Waals surface area contributed by atoms with Crippen molar-refractivity contribution in [3.63, 3.8) is 0 Å². The van der Waals surface area contributed by atoms with Gasteiger partial charge in [0.15, 0.2) is 6.61 Å². The number of unbranched alkanes of at least 4 members (excludes halogenated alkanes) is 1. The number of Topliss-reactive ketones (excluding diaryl/α,β-unsaturated/α-hetero) is 1. The predicted molar refractivity (Wildman–Crippen MR) is 86.9 cm³/mol. The first kappa shape index (κ1) is 15.3. The van der Waals surface area contributed by atoms with Crippen LogP contribution in [0.15, 0.2) is 40.2 Å². The third-order valence-corrected chi connectivity index (χ3v) is 4.63. The maximum absolute atomic E-state index is 11.9. The third kappa shape index (κ3) is 4.46. The summed E-state index contributed by atoms with van der Waals surface area (Å²) in [5.74, 6) is 0.755. The molecule has 2 rings (SSSR count). The van der Waals surface area contributed by atoms with E-state index in [-0.39, 0.29) is 12.4 Å². The molecule has 0 spiro atoms. The van der Waals surface area contributed by atoms with E-state index in [0.717, 1.165) is 20.8 Å². The van der Waals surface area contributed by atoms with Gasteiger partial charge < -0.3 is 4.74 Å². The van der Waals surface area contributed by atoms with Gasteiger partial charge in [0.1, 0.15) is 5.75 Å². The molecule has 2 nitrogen and oxygen atoms in total. The molecule has 0 unspecified atom stereocenters. The minimum absolute atomic E-state index is 0.00996. The molecule has 0 aliphatic heterocycles. The molecule has 0 aliphatic carbocycles. The average Bonchev–Trinajstić information content (AvgIpc) is 2.90. The van der Waals surface area contributed by atoms with Crippen LogP contribution in [0.1, 0.15) is 35.0 Å². The highest BCUT2D eigenvalue weighted by Crippen LogP contribution is 2.22. The second-order valence-corrected chi connectivity index (χ2v) is 7.03. The maximum atomic E-state index is 11.9. The van der Waals surface area contributed by atoms with E-state index in [4.69, 9.17) is 4.74 Å². The summed E-state index contributed by atoms with van der Waals surface area (Å²) in [7, 11) is 0. The highest BCUT2D eigenvalue weighted by Gasteiger charge is 2.09. The van der Waals surface area contributed by atoms with Crippen LogP contribution in [0.25, 0.3) is 0 Å². The number of hydrogen-bond acceptors (Lipinski definition) is 3. The van der Waals surface area contributed by atoms with E-state index >= 15 is 0 Å². The number of halogens is 1. The lowest BCUT2D eigenvalue weighted by Crippen LogP contribution is -2.09. The Labute approximate surface area is 131 Å². The molecule has 0 bridgehead atoms. The van der Waals surface area contributed by atoms with E-state index in [0.29, 0.717) is 0 Å². The first-order chi connectivity index (χ1) is 9.69. The Kier molecular flexibility index (Phi) is 5.80. The number of rotatable bonds is 7. The van der Waals surface area contributed by atoms with Crippen molar-refractivity contribution in [3.8, 4) is 5.75 Å². The number of ether oxygens (including phenoxy) is 1. The van der Waals surface area contributed by atoms with E-state index in [1.54, 1.807) is 0 Å². The van der Waals surface area contributed by atoms with E-state index < -0.39 is 0 Å². The molecule has 0 atom stereocenters. The van der Waals surface area contributed by atoms with Gasteiger partial charge in [-0.25, -0.2) is 0 Å². The molecule has 1 aromatic heterocycles. The van der Waals surface area contributed by atoms with Crippen LogP contribution in [0.5, 0.6) is 5.75 Å². The second-order valence-electron chi connectivity index (χ2n) is 4.56. The molecule has 0 N–H and O–H groups in total. The van der Waals surface area contributed by atoms with Crippen LogP contribution in [0.4, 0.5) is 0 Å². The van der Waals surface area contributed by atoms with E-state index in [2.05, 4.69) is 35.0 Å². The summed E-state index contributed by atoms with van der Waals surface area (Å²) in [6.07, 6.45) is 3.49. The van der Waals surface area contributed by atoms with Crippen molar-refractivity contribution in [2.24, 2.45) is 0 Å². The molecule has 1 heterocycles. The lowest BCUT2D eigenvalue weighted by atomic mass is 10.1. The summed E-state index contributed by atoms with van der Waals surface area (Å²) in [5.41, 5.74) is 1.31. The number of thiophene rings is 1. The van der Waals surface area contributed by atoms with Crippen molar-refractivity contribution in [3.05, 3.63) is 50.6 Å². The van der Waals surface area contributed by atoms with Crippen LogP contribution < -0.4 is 4.74 Å². The Bertz CT molecular complexity index is 560. The molecule has 0 aliphatic rings. The standard InChI is InChI=1S/C16H17BrO2S/c1-2-3-4-12-5-7-13(8-6-12)19-11-14(18)15-9-10-16(17)20-15/h5-10H,2-4,11H2,1H3. The zero-order chi connectivity index (χ0) is 14.4. The molecule has 1 aromatic carbocycles. The van der Waals surface area contributed by atoms with Gasteiger partial charge in [-0.15, -0.1) is 11.3 Å². The Morgan fingerprint density at radius 1 is 1.20 bits per heavy atom. The van der Waals surface area contributed by atoms with Crippen LogP contribution in [0.2, 0.25) is 0 Å². The van der Waals surface area contributed by atoms with Crippen LogP contribution in [-0.2, 0) is 6.42 Å². The van der Waals surface area contributed by atoms with Gasteiger partial charge in [0.2, 0.25) is 5.78 Å². The molecule has 2 aromatic rings. The smallest absolute Gasteiger partial charge is 0.210 e. The molecule has 4 heteroatoms. The van der Waals surface area contributed by atoms with Crippen LogP contribution in [0, 0.1) is 0 Å². The topological polar surface area (TPSA) is 26.3 Å². The van der Waals surface area contributed by atoms with Crippen LogP contribution >= 0.6 is 27.3 Å². The van der Waals surface area contributed by atoms with Crippen molar-refractivity contribution < 1.29 is 9.53 Å². The number of aryl methyl sites for hydroxylation is 1. The quantitative estimate of drug-likeness (QED) is 0.646. The molecule has 0 saturated heterocycles. The minimum atomic E-state index is 0.00996. The monoisotopic (exact) mass is 352 g/mol. The Hall–Kier alpha value is -1.13. The number of hydrogen-bond donors (Lipinski definition) is 0. The highest BCUT2D eigenvalue weighted by atomic mass is 79.9. The van der Waals surface area contributed by atoms with Gasteiger partial charge in [0.05, 0.1) is 8.66 Å². The lowest BCUT2D eigenvalue weighted by molar-refractivity contribution is 0.0925. The Morgan fingerprint density at radius 3 is 2.55 bits per heavy atom. The minimum Gasteiger partial charge on any atom is -0.485 e. The average molecular weight is 353 g/mol. The van der Waals surface area contributed by atoms with Gasteiger partial charge in [-0.2, -0.15) is 0 Å². The van der Waals surface area contributed by atoms with Crippen LogP contribution in [-0.4, -0.2) is 12.4 Å². The zero-order valence-corrected chi connectivity index (χ0v) is 13.8. The third-order valence-electron chi connectivity index (χ3n) is 2.96. The molecule has 0 fully saturated rings. The fourth-order valence-corrected chi connectivity index (χ4v) is 3.13. The summed E-state index contributed by atoms with van der Waals surface area (Å²) in [6, 6.07) is 11.7. The maximum Gasteiger partial charge on any atom is 0.210 e. The van der Waals surface area contributed by atoms with E-state index in [1.807, 2.05) is 24.3 Å². The van der Waals surface area contributed by atoms with Gasteiger partial charge in [0, 0.05) is 0 Å². The first-order valence-corrected chi connectivity index (χ1v) is 8.30.